The van der Waals surface area contributed by atoms with Crippen molar-refractivity contribution in [1.29, 1.82) is 5.26 Å². The van der Waals surface area contributed by atoms with Crippen LogP contribution in [-0.2, 0) is 0 Å². The molecule has 0 spiro atoms. The van der Waals surface area contributed by atoms with Crippen molar-refractivity contribution < 1.29 is 9.90 Å². The maximum absolute atomic E-state index is 10.8. The number of carboxylic acid groups (broad SMARTS) is 1. The third-order valence-electron chi connectivity index (χ3n) is 2.50. The van der Waals surface area contributed by atoms with Crippen molar-refractivity contribution in [3.63, 3.8) is 0 Å². The number of hydrogen-bond acceptors (Lipinski definition) is 4. The van der Waals surface area contributed by atoms with E-state index >= 15 is 0 Å². The lowest BCUT2D eigenvalue weighted by molar-refractivity contribution is 0.0691. The molecule has 0 fully saturated rings. The number of carboxylic acids is 1. The van der Waals surface area contributed by atoms with Gasteiger partial charge in [-0.25, -0.2) is 9.78 Å². The maximum Gasteiger partial charge on any atom is 0.356 e. The summed E-state index contributed by atoms with van der Waals surface area (Å²) in [6, 6.07) is 7.66. The number of nitrogens with zero attached hydrogens (tertiary/aromatic N) is 3. The van der Waals surface area contributed by atoms with Crippen LogP contribution in [-0.4, -0.2) is 26.4 Å². The van der Waals surface area contributed by atoms with Crippen molar-refractivity contribution in [2.24, 2.45) is 0 Å². The Labute approximate surface area is 114 Å². The zero-order valence-electron chi connectivity index (χ0n) is 10.2. The molecule has 0 saturated heterocycles. The minimum absolute atomic E-state index is 0.0440. The summed E-state index contributed by atoms with van der Waals surface area (Å²) in [5.41, 5.74) is 1.13. The van der Waals surface area contributed by atoms with Crippen molar-refractivity contribution in [3.8, 4) is 11.8 Å². The molecule has 0 saturated carbocycles. The quantitative estimate of drug-likeness (QED) is 0.866. The monoisotopic (exact) mass is 273 g/mol. The van der Waals surface area contributed by atoms with E-state index < -0.39 is 5.97 Å². The van der Waals surface area contributed by atoms with Crippen molar-refractivity contribution in [2.75, 3.05) is 5.75 Å². The molecule has 1 N–H and O–H groups in total. The summed E-state index contributed by atoms with van der Waals surface area (Å²) in [4.78, 5) is 15.5. The SMILES string of the molecule is CCSc1cccc(-n2cnc(C(=O)O)c2)c1C#N. The Hall–Kier alpha value is -2.26. The smallest absolute Gasteiger partial charge is 0.356 e. The Morgan fingerprint density at radius 2 is 2.37 bits per heavy atom. The van der Waals surface area contributed by atoms with E-state index in [4.69, 9.17) is 5.11 Å². The molecule has 1 heterocycles. The predicted octanol–water partition coefficient (Wildman–Crippen LogP) is 2.55. The van der Waals surface area contributed by atoms with Crippen molar-refractivity contribution in [1.82, 2.24) is 9.55 Å². The van der Waals surface area contributed by atoms with Gasteiger partial charge < -0.3 is 9.67 Å². The Balaban J connectivity index is 2.52. The molecule has 0 atom stereocenters. The van der Waals surface area contributed by atoms with E-state index in [9.17, 15) is 10.1 Å². The first-order valence-electron chi connectivity index (χ1n) is 5.61. The molecule has 0 bridgehead atoms. The highest BCUT2D eigenvalue weighted by atomic mass is 32.2. The largest absolute Gasteiger partial charge is 0.476 e. The number of hydrogen-bond donors (Lipinski definition) is 1. The minimum atomic E-state index is -1.09. The van der Waals surface area contributed by atoms with Crippen LogP contribution in [0.1, 0.15) is 23.0 Å². The van der Waals surface area contributed by atoms with Crippen LogP contribution in [0.15, 0.2) is 35.6 Å². The standard InChI is InChI=1S/C13H11N3O2S/c1-2-19-12-5-3-4-11(9(12)6-14)16-7-10(13(17)18)15-8-16/h3-5,7-8H,2H2,1H3,(H,17,18). The van der Waals surface area contributed by atoms with Gasteiger partial charge in [0.1, 0.15) is 12.4 Å². The summed E-state index contributed by atoms with van der Waals surface area (Å²) in [5.74, 6) is -0.223. The molecule has 0 unspecified atom stereocenters. The fourth-order valence-electron chi connectivity index (χ4n) is 1.69. The number of carbonyl (C=O) groups is 1. The molecule has 0 amide bonds. The lowest BCUT2D eigenvalue weighted by atomic mass is 10.2. The summed E-state index contributed by atoms with van der Waals surface area (Å²) in [7, 11) is 0. The van der Waals surface area contributed by atoms with Crippen LogP contribution < -0.4 is 0 Å². The van der Waals surface area contributed by atoms with Gasteiger partial charge in [-0.3, -0.25) is 0 Å². The summed E-state index contributed by atoms with van der Waals surface area (Å²) in [6.45, 7) is 2.01. The van der Waals surface area contributed by atoms with Crippen LogP contribution in [0.3, 0.4) is 0 Å². The maximum atomic E-state index is 10.8. The third-order valence-corrected chi connectivity index (χ3v) is 3.44. The average molecular weight is 273 g/mol. The first kappa shape index (κ1) is 13.2. The van der Waals surface area contributed by atoms with E-state index in [2.05, 4.69) is 11.1 Å². The first-order valence-corrected chi connectivity index (χ1v) is 6.59. The Morgan fingerprint density at radius 1 is 1.58 bits per heavy atom. The summed E-state index contributed by atoms with van der Waals surface area (Å²) >= 11 is 1.58. The lowest BCUT2D eigenvalue weighted by Crippen LogP contribution is -1.98. The van der Waals surface area contributed by atoms with Gasteiger partial charge in [-0.1, -0.05) is 13.0 Å². The van der Waals surface area contributed by atoms with Crippen molar-refractivity contribution in [2.45, 2.75) is 11.8 Å². The minimum Gasteiger partial charge on any atom is -0.476 e. The number of nitriles is 1. The lowest BCUT2D eigenvalue weighted by Gasteiger charge is -2.08. The van der Waals surface area contributed by atoms with Crippen LogP contribution in [0, 0.1) is 11.3 Å². The molecule has 96 valence electrons. The Morgan fingerprint density at radius 3 is 2.95 bits per heavy atom. The fourth-order valence-corrected chi connectivity index (χ4v) is 2.47. The first-order chi connectivity index (χ1) is 9.17. The highest BCUT2D eigenvalue weighted by Crippen LogP contribution is 2.27. The molecule has 5 nitrogen and oxygen atoms in total. The zero-order valence-corrected chi connectivity index (χ0v) is 11.0. The number of thioether (sulfide) groups is 1. The van der Waals surface area contributed by atoms with Gasteiger partial charge in [0.05, 0.1) is 11.3 Å². The molecule has 0 aliphatic carbocycles. The van der Waals surface area contributed by atoms with Gasteiger partial charge in [-0.05, 0) is 17.9 Å². The average Bonchev–Trinajstić information content (AvgIpc) is 2.88. The molecular weight excluding hydrogens is 262 g/mol. The number of imidazole rings is 1. The topological polar surface area (TPSA) is 78.9 Å². The molecule has 19 heavy (non-hydrogen) atoms. The molecule has 1 aromatic heterocycles. The fraction of sp³-hybridized carbons (Fsp3) is 0.154. The Kier molecular flexibility index (Phi) is 3.88. The third kappa shape index (κ3) is 2.61. The molecule has 0 radical (unpaired) electrons. The van der Waals surface area contributed by atoms with Crippen LogP contribution in [0.2, 0.25) is 0 Å². The van der Waals surface area contributed by atoms with Crippen LogP contribution in [0.5, 0.6) is 0 Å². The van der Waals surface area contributed by atoms with Gasteiger partial charge in [0.15, 0.2) is 5.69 Å². The molecule has 6 heteroatoms. The highest BCUT2D eigenvalue weighted by Gasteiger charge is 2.12. The van der Waals surface area contributed by atoms with E-state index in [1.807, 2.05) is 19.1 Å². The van der Waals surface area contributed by atoms with Crippen molar-refractivity contribution in [3.05, 3.63) is 42.0 Å². The molecule has 1 aromatic carbocycles. The van der Waals surface area contributed by atoms with Gasteiger partial charge in [0.2, 0.25) is 0 Å². The van der Waals surface area contributed by atoms with Crippen molar-refractivity contribution >= 4 is 17.7 Å². The second-order valence-corrected chi connectivity index (χ2v) is 4.97. The van der Waals surface area contributed by atoms with Gasteiger partial charge in [0.25, 0.3) is 0 Å². The summed E-state index contributed by atoms with van der Waals surface area (Å²) in [6.07, 6.45) is 2.80. The number of aromatic nitrogens is 2. The second kappa shape index (κ2) is 5.59. The van der Waals surface area contributed by atoms with Crippen LogP contribution in [0.4, 0.5) is 0 Å². The molecular formula is C13H11N3O2S. The zero-order chi connectivity index (χ0) is 13.8. The van der Waals surface area contributed by atoms with E-state index in [1.165, 1.54) is 12.5 Å². The highest BCUT2D eigenvalue weighted by molar-refractivity contribution is 7.99. The number of benzene rings is 1. The number of aromatic carboxylic acids is 1. The molecule has 2 rings (SSSR count). The number of rotatable bonds is 4. The van der Waals surface area contributed by atoms with E-state index in [0.29, 0.717) is 11.3 Å². The van der Waals surface area contributed by atoms with Crippen LogP contribution in [0.25, 0.3) is 5.69 Å². The van der Waals surface area contributed by atoms with Gasteiger partial charge in [-0.2, -0.15) is 5.26 Å². The Bertz CT molecular complexity index is 658. The van der Waals surface area contributed by atoms with E-state index in [0.717, 1.165) is 10.6 Å². The normalized spacial score (nSPS) is 10.1. The van der Waals surface area contributed by atoms with E-state index in [1.54, 1.807) is 22.4 Å². The predicted molar refractivity (Wildman–Crippen MR) is 71.6 cm³/mol. The second-order valence-electron chi connectivity index (χ2n) is 3.67. The van der Waals surface area contributed by atoms with E-state index in [-0.39, 0.29) is 5.69 Å². The van der Waals surface area contributed by atoms with Gasteiger partial charge in [-0.15, -0.1) is 11.8 Å². The van der Waals surface area contributed by atoms with Gasteiger partial charge in [0, 0.05) is 11.1 Å². The summed E-state index contributed by atoms with van der Waals surface area (Å²) in [5, 5.41) is 18.2. The molecule has 2 aromatic rings. The van der Waals surface area contributed by atoms with Crippen LogP contribution >= 0.6 is 11.8 Å². The van der Waals surface area contributed by atoms with Gasteiger partial charge >= 0.3 is 5.97 Å². The molecule has 0 aliphatic rings. The summed E-state index contributed by atoms with van der Waals surface area (Å²) < 4.78 is 1.56. The molecule has 0 aliphatic heterocycles.